The number of hydrogen-bond donors (Lipinski definition) is 0. The van der Waals surface area contributed by atoms with Crippen LogP contribution in [-0.4, -0.2) is 23.1 Å². The van der Waals surface area contributed by atoms with E-state index in [9.17, 15) is 10.1 Å². The zero-order valence-corrected chi connectivity index (χ0v) is 10.2. The van der Waals surface area contributed by atoms with Crippen LogP contribution in [0.5, 0.6) is 5.75 Å². The highest BCUT2D eigenvalue weighted by Crippen LogP contribution is 2.19. The van der Waals surface area contributed by atoms with Crippen LogP contribution in [0.2, 0.25) is 0 Å². The minimum atomic E-state index is -0.412. The Morgan fingerprint density at radius 2 is 1.71 bits per heavy atom. The lowest BCUT2D eigenvalue weighted by atomic mass is 10.2. The van der Waals surface area contributed by atoms with E-state index in [1.54, 1.807) is 12.1 Å². The maximum atomic E-state index is 10.5. The first-order chi connectivity index (χ1) is 7.75. The number of non-ortho nitro benzene ring substituents is 1. The van der Waals surface area contributed by atoms with Crippen molar-refractivity contribution < 1.29 is 9.76 Å². The fraction of sp³-hybridized carbons (Fsp3) is 0.455. The predicted octanol–water partition coefficient (Wildman–Crippen LogP) is 2.80. The molecule has 1 heterocycles. The summed E-state index contributed by atoms with van der Waals surface area (Å²) in [7, 11) is 0. The van der Waals surface area contributed by atoms with Gasteiger partial charge in [-0.1, -0.05) is 6.42 Å². The van der Waals surface area contributed by atoms with Gasteiger partial charge in [-0.15, -0.1) is 17.5 Å². The van der Waals surface area contributed by atoms with Crippen LogP contribution < -0.4 is 4.84 Å². The number of hydroxylamine groups is 2. The number of benzene rings is 1. The number of rotatable bonds is 3. The summed E-state index contributed by atoms with van der Waals surface area (Å²) >= 11 is 0. The van der Waals surface area contributed by atoms with E-state index in [2.05, 4.69) is 0 Å². The van der Waals surface area contributed by atoms with Gasteiger partial charge in [0.1, 0.15) is 5.75 Å². The summed E-state index contributed by atoms with van der Waals surface area (Å²) in [6.07, 6.45) is 3.54. The van der Waals surface area contributed by atoms with Crippen LogP contribution >= 0.6 is 12.4 Å². The lowest BCUT2D eigenvalue weighted by Crippen LogP contribution is -2.32. The summed E-state index contributed by atoms with van der Waals surface area (Å²) in [6.45, 7) is 1.86. The highest BCUT2D eigenvalue weighted by Gasteiger charge is 2.12. The van der Waals surface area contributed by atoms with Crippen LogP contribution in [0.15, 0.2) is 24.3 Å². The molecule has 5 nitrogen and oxygen atoms in total. The molecule has 1 fully saturated rings. The van der Waals surface area contributed by atoms with Gasteiger partial charge in [0.15, 0.2) is 0 Å². The maximum Gasteiger partial charge on any atom is 0.269 e. The minimum Gasteiger partial charge on any atom is -0.406 e. The van der Waals surface area contributed by atoms with Crippen molar-refractivity contribution in [3.05, 3.63) is 34.4 Å². The molecule has 0 saturated carbocycles. The molecule has 1 aromatic rings. The Morgan fingerprint density at radius 3 is 2.24 bits per heavy atom. The fourth-order valence-corrected chi connectivity index (χ4v) is 1.73. The lowest BCUT2D eigenvalue weighted by Gasteiger charge is -2.25. The van der Waals surface area contributed by atoms with E-state index < -0.39 is 4.92 Å². The van der Waals surface area contributed by atoms with E-state index in [-0.39, 0.29) is 18.1 Å². The Morgan fingerprint density at radius 1 is 1.12 bits per heavy atom. The van der Waals surface area contributed by atoms with Gasteiger partial charge in [-0.25, -0.2) is 0 Å². The van der Waals surface area contributed by atoms with E-state index in [1.807, 2.05) is 5.06 Å². The second-order valence-electron chi connectivity index (χ2n) is 3.83. The summed E-state index contributed by atoms with van der Waals surface area (Å²) in [4.78, 5) is 15.6. The third kappa shape index (κ3) is 3.87. The molecule has 17 heavy (non-hydrogen) atoms. The van der Waals surface area contributed by atoms with Crippen LogP contribution in [0.1, 0.15) is 19.3 Å². The normalized spacial score (nSPS) is 16.0. The van der Waals surface area contributed by atoms with Crippen molar-refractivity contribution in [3.8, 4) is 5.75 Å². The third-order valence-corrected chi connectivity index (χ3v) is 2.60. The number of nitro groups is 1. The van der Waals surface area contributed by atoms with Crippen LogP contribution in [0.3, 0.4) is 0 Å². The van der Waals surface area contributed by atoms with Crippen molar-refractivity contribution in [3.63, 3.8) is 0 Å². The largest absolute Gasteiger partial charge is 0.406 e. The summed E-state index contributed by atoms with van der Waals surface area (Å²) in [5, 5.41) is 12.4. The molecule has 0 radical (unpaired) electrons. The molecule has 0 N–H and O–H groups in total. The van der Waals surface area contributed by atoms with E-state index in [1.165, 1.54) is 18.6 Å². The minimum absolute atomic E-state index is 0. The second kappa shape index (κ2) is 6.42. The molecular weight excluding hydrogens is 244 g/mol. The van der Waals surface area contributed by atoms with Crippen LogP contribution in [-0.2, 0) is 0 Å². The molecule has 0 amide bonds. The first-order valence-corrected chi connectivity index (χ1v) is 5.43. The van der Waals surface area contributed by atoms with Crippen LogP contribution in [0.25, 0.3) is 0 Å². The average Bonchev–Trinajstić information content (AvgIpc) is 2.31. The molecule has 2 rings (SSSR count). The number of nitrogens with zero attached hydrogens (tertiary/aromatic N) is 2. The van der Waals surface area contributed by atoms with Crippen molar-refractivity contribution in [2.75, 3.05) is 13.1 Å². The summed E-state index contributed by atoms with van der Waals surface area (Å²) < 4.78 is 0. The molecule has 6 heteroatoms. The molecule has 0 aliphatic carbocycles. The van der Waals surface area contributed by atoms with Crippen molar-refractivity contribution in [2.24, 2.45) is 0 Å². The maximum absolute atomic E-state index is 10.5. The molecule has 1 saturated heterocycles. The monoisotopic (exact) mass is 258 g/mol. The van der Waals surface area contributed by atoms with Gasteiger partial charge in [-0.3, -0.25) is 10.1 Å². The molecule has 0 unspecified atom stereocenters. The van der Waals surface area contributed by atoms with Gasteiger partial charge in [0.05, 0.1) is 4.92 Å². The summed E-state index contributed by atoms with van der Waals surface area (Å²) in [5.41, 5.74) is 0.0889. The zero-order valence-electron chi connectivity index (χ0n) is 9.37. The highest BCUT2D eigenvalue weighted by molar-refractivity contribution is 5.85. The fourth-order valence-electron chi connectivity index (χ4n) is 1.73. The summed E-state index contributed by atoms with van der Waals surface area (Å²) in [5.74, 6) is 0.660. The molecule has 0 atom stereocenters. The van der Waals surface area contributed by atoms with E-state index in [4.69, 9.17) is 4.84 Å². The molecule has 1 aliphatic heterocycles. The molecule has 1 aromatic carbocycles. The van der Waals surface area contributed by atoms with Gasteiger partial charge < -0.3 is 4.84 Å². The number of hydrogen-bond acceptors (Lipinski definition) is 4. The van der Waals surface area contributed by atoms with Crippen molar-refractivity contribution >= 4 is 18.1 Å². The number of piperidine rings is 1. The topological polar surface area (TPSA) is 55.6 Å². The quantitative estimate of drug-likeness (QED) is 0.618. The van der Waals surface area contributed by atoms with Crippen molar-refractivity contribution in [2.45, 2.75) is 19.3 Å². The third-order valence-electron chi connectivity index (χ3n) is 2.60. The zero-order chi connectivity index (χ0) is 11.4. The van der Waals surface area contributed by atoms with Crippen molar-refractivity contribution in [1.29, 1.82) is 0 Å². The highest BCUT2D eigenvalue weighted by atomic mass is 35.5. The Kier molecular flexibility index (Phi) is 5.18. The van der Waals surface area contributed by atoms with Crippen LogP contribution in [0, 0.1) is 10.1 Å². The number of nitro benzene ring substituents is 1. The smallest absolute Gasteiger partial charge is 0.269 e. The van der Waals surface area contributed by atoms with Crippen LogP contribution in [0.4, 0.5) is 5.69 Å². The first-order valence-electron chi connectivity index (χ1n) is 5.43. The van der Waals surface area contributed by atoms with E-state index in [0.29, 0.717) is 5.75 Å². The standard InChI is InChI=1S/C11H14N2O3.ClH/c14-13(15)10-4-6-11(7-5-10)16-12-8-2-1-3-9-12;/h4-7H,1-3,8-9H2;1H. The average molecular weight is 259 g/mol. The van der Waals surface area contributed by atoms with E-state index in [0.717, 1.165) is 25.9 Å². The predicted molar refractivity (Wildman–Crippen MR) is 66.4 cm³/mol. The lowest BCUT2D eigenvalue weighted by molar-refractivity contribution is -0.384. The van der Waals surface area contributed by atoms with Gasteiger partial charge in [0.2, 0.25) is 0 Å². The van der Waals surface area contributed by atoms with E-state index >= 15 is 0 Å². The molecule has 0 bridgehead atoms. The molecule has 0 spiro atoms. The Hall–Kier alpha value is -1.33. The van der Waals surface area contributed by atoms with Gasteiger partial charge in [-0.05, 0) is 25.0 Å². The Balaban J connectivity index is 0.00000144. The van der Waals surface area contributed by atoms with Gasteiger partial charge in [0.25, 0.3) is 5.69 Å². The van der Waals surface area contributed by atoms with Gasteiger partial charge in [-0.2, -0.15) is 0 Å². The Labute approximate surface area is 106 Å². The number of halogens is 1. The Bertz CT molecular complexity index is 363. The molecule has 1 aliphatic rings. The molecular formula is C11H15ClN2O3. The molecule has 94 valence electrons. The van der Waals surface area contributed by atoms with Gasteiger partial charge in [0, 0.05) is 25.2 Å². The van der Waals surface area contributed by atoms with Crippen molar-refractivity contribution in [1.82, 2.24) is 5.06 Å². The SMILES string of the molecule is Cl.O=[N+]([O-])c1ccc(ON2CCCCC2)cc1. The second-order valence-corrected chi connectivity index (χ2v) is 3.83. The molecule has 0 aromatic heterocycles. The first kappa shape index (κ1) is 13.7. The van der Waals surface area contributed by atoms with Gasteiger partial charge >= 0.3 is 0 Å². The summed E-state index contributed by atoms with van der Waals surface area (Å²) in [6, 6.07) is 6.18.